The summed E-state index contributed by atoms with van der Waals surface area (Å²) in [6.45, 7) is 1.61. The fraction of sp³-hybridized carbons (Fsp3) is 0.294. The molecule has 1 N–H and O–H groups in total. The third-order valence-electron chi connectivity index (χ3n) is 4.34. The zero-order valence-electron chi connectivity index (χ0n) is 12.2. The Morgan fingerprint density at radius 1 is 1.27 bits per heavy atom. The molecule has 0 spiro atoms. The fourth-order valence-electron chi connectivity index (χ4n) is 3.12. The lowest BCUT2D eigenvalue weighted by atomic mass is 9.97. The van der Waals surface area contributed by atoms with Gasteiger partial charge in [0.15, 0.2) is 0 Å². The zero-order chi connectivity index (χ0) is 14.9. The topological polar surface area (TPSA) is 49.0 Å². The number of para-hydroxylation sites is 1. The molecule has 0 saturated carbocycles. The van der Waals surface area contributed by atoms with Crippen molar-refractivity contribution in [1.82, 2.24) is 14.9 Å². The molecule has 1 fully saturated rings. The first-order valence-corrected chi connectivity index (χ1v) is 8.45. The number of fused-ring (bicyclic) bond motifs is 1. The molecule has 4 nitrogen and oxygen atoms in total. The van der Waals surface area contributed by atoms with Gasteiger partial charge < -0.3 is 9.88 Å². The second kappa shape index (κ2) is 5.57. The Bertz CT molecular complexity index is 752. The molecule has 22 heavy (non-hydrogen) atoms. The lowest BCUT2D eigenvalue weighted by molar-refractivity contribution is 0.0708. The number of aromatic amines is 1. The summed E-state index contributed by atoms with van der Waals surface area (Å²) in [6, 6.07) is 9.94. The summed E-state index contributed by atoms with van der Waals surface area (Å²) in [5.41, 5.74) is 1.71. The highest BCUT2D eigenvalue weighted by atomic mass is 32.1. The first kappa shape index (κ1) is 13.5. The Morgan fingerprint density at radius 3 is 2.82 bits per heavy atom. The van der Waals surface area contributed by atoms with E-state index in [0.717, 1.165) is 36.8 Å². The highest BCUT2D eigenvalue weighted by Crippen LogP contribution is 2.30. The predicted molar refractivity (Wildman–Crippen MR) is 88.3 cm³/mol. The van der Waals surface area contributed by atoms with Crippen LogP contribution in [0.3, 0.4) is 0 Å². The van der Waals surface area contributed by atoms with Gasteiger partial charge in [-0.1, -0.05) is 18.2 Å². The van der Waals surface area contributed by atoms with E-state index in [4.69, 9.17) is 0 Å². The van der Waals surface area contributed by atoms with Crippen LogP contribution < -0.4 is 0 Å². The first-order chi connectivity index (χ1) is 10.8. The van der Waals surface area contributed by atoms with E-state index in [0.29, 0.717) is 11.6 Å². The van der Waals surface area contributed by atoms with Gasteiger partial charge in [0, 0.05) is 41.5 Å². The summed E-state index contributed by atoms with van der Waals surface area (Å²) in [4.78, 5) is 22.2. The molecule has 1 aliphatic rings. The largest absolute Gasteiger partial charge is 0.351 e. The third-order valence-corrected chi connectivity index (χ3v) is 5.28. The normalized spacial score (nSPS) is 16.3. The minimum atomic E-state index is 0.105. The highest BCUT2D eigenvalue weighted by molar-refractivity contribution is 7.09. The summed E-state index contributed by atoms with van der Waals surface area (Å²) < 4.78 is 0. The molecule has 2 aromatic heterocycles. The van der Waals surface area contributed by atoms with Crippen LogP contribution >= 0.6 is 11.3 Å². The van der Waals surface area contributed by atoms with Crippen molar-refractivity contribution in [2.24, 2.45) is 0 Å². The number of piperidine rings is 1. The summed E-state index contributed by atoms with van der Waals surface area (Å²) in [5, 5.41) is 4.32. The third kappa shape index (κ3) is 2.41. The van der Waals surface area contributed by atoms with Crippen molar-refractivity contribution in [3.63, 3.8) is 0 Å². The van der Waals surface area contributed by atoms with Gasteiger partial charge >= 0.3 is 0 Å². The van der Waals surface area contributed by atoms with Crippen molar-refractivity contribution < 1.29 is 4.79 Å². The minimum absolute atomic E-state index is 0.105. The predicted octanol–water partition coefficient (Wildman–Crippen LogP) is 3.64. The highest BCUT2D eigenvalue weighted by Gasteiger charge is 2.26. The second-order valence-corrected chi connectivity index (χ2v) is 6.63. The van der Waals surface area contributed by atoms with E-state index in [1.165, 1.54) is 5.01 Å². The number of hydrogen-bond acceptors (Lipinski definition) is 3. The maximum absolute atomic E-state index is 12.6. The number of nitrogens with one attached hydrogen (secondary N) is 1. The van der Waals surface area contributed by atoms with E-state index in [1.54, 1.807) is 11.3 Å². The number of rotatable bonds is 2. The van der Waals surface area contributed by atoms with Crippen LogP contribution in [0.15, 0.2) is 41.9 Å². The van der Waals surface area contributed by atoms with Crippen LogP contribution in [-0.2, 0) is 0 Å². The minimum Gasteiger partial charge on any atom is -0.351 e. The summed E-state index contributed by atoms with van der Waals surface area (Å²) in [5.74, 6) is 0.612. The maximum atomic E-state index is 12.6. The van der Waals surface area contributed by atoms with Gasteiger partial charge in [-0.05, 0) is 25.0 Å². The molecular formula is C17H17N3OS. The van der Waals surface area contributed by atoms with E-state index < -0.39 is 0 Å². The second-order valence-electron chi connectivity index (χ2n) is 5.71. The lowest BCUT2D eigenvalue weighted by Crippen LogP contribution is -2.38. The van der Waals surface area contributed by atoms with Gasteiger partial charge in [0.05, 0.1) is 5.01 Å². The fourth-order valence-corrected chi connectivity index (χ4v) is 3.94. The number of benzene rings is 1. The molecule has 0 atom stereocenters. The van der Waals surface area contributed by atoms with Crippen LogP contribution in [0, 0.1) is 0 Å². The summed E-state index contributed by atoms with van der Waals surface area (Å²) in [7, 11) is 0. The van der Waals surface area contributed by atoms with Crippen molar-refractivity contribution in [3.05, 3.63) is 52.6 Å². The number of hydrogen-bond donors (Lipinski definition) is 1. The van der Waals surface area contributed by atoms with Gasteiger partial charge in [0.1, 0.15) is 5.69 Å². The van der Waals surface area contributed by atoms with Crippen LogP contribution in [0.4, 0.5) is 0 Å². The van der Waals surface area contributed by atoms with Crippen LogP contribution in [0.5, 0.6) is 0 Å². The Hall–Kier alpha value is -2.14. The molecule has 0 aliphatic carbocycles. The number of amides is 1. The molecule has 1 aromatic carbocycles. The Labute approximate surface area is 132 Å². The summed E-state index contributed by atoms with van der Waals surface area (Å²) >= 11 is 1.72. The molecule has 3 aromatic rings. The molecule has 3 heterocycles. The van der Waals surface area contributed by atoms with Gasteiger partial charge in [0.2, 0.25) is 0 Å². The number of carbonyl (C=O) groups is 1. The van der Waals surface area contributed by atoms with E-state index in [1.807, 2.05) is 46.8 Å². The van der Waals surface area contributed by atoms with Crippen molar-refractivity contribution in [1.29, 1.82) is 0 Å². The lowest BCUT2D eigenvalue weighted by Gasteiger charge is -2.30. The van der Waals surface area contributed by atoms with Gasteiger partial charge in [-0.15, -0.1) is 11.3 Å². The van der Waals surface area contributed by atoms with Crippen molar-refractivity contribution >= 4 is 28.1 Å². The molecule has 0 bridgehead atoms. The van der Waals surface area contributed by atoms with Crippen molar-refractivity contribution in [2.45, 2.75) is 18.8 Å². The maximum Gasteiger partial charge on any atom is 0.270 e. The number of thiazole rings is 1. The van der Waals surface area contributed by atoms with Gasteiger partial charge in [0.25, 0.3) is 5.91 Å². The number of likely N-dealkylation sites (tertiary alicyclic amines) is 1. The number of nitrogens with zero attached hydrogens (tertiary/aromatic N) is 2. The van der Waals surface area contributed by atoms with E-state index in [-0.39, 0.29) is 5.91 Å². The number of H-pyrrole nitrogens is 1. The van der Waals surface area contributed by atoms with Crippen molar-refractivity contribution in [3.8, 4) is 0 Å². The smallest absolute Gasteiger partial charge is 0.270 e. The molecule has 4 rings (SSSR count). The molecular weight excluding hydrogens is 294 g/mol. The van der Waals surface area contributed by atoms with Gasteiger partial charge in [-0.3, -0.25) is 4.79 Å². The van der Waals surface area contributed by atoms with E-state index >= 15 is 0 Å². The average Bonchev–Trinajstić information content (AvgIpc) is 3.23. The van der Waals surface area contributed by atoms with Crippen LogP contribution in [-0.4, -0.2) is 33.9 Å². The molecule has 0 unspecified atom stereocenters. The Morgan fingerprint density at radius 2 is 2.09 bits per heavy atom. The van der Waals surface area contributed by atoms with E-state index in [2.05, 4.69) is 9.97 Å². The SMILES string of the molecule is O=C(c1cc2ccccc2[nH]1)N1CCC(c2nccs2)CC1. The van der Waals surface area contributed by atoms with Gasteiger partial charge in [-0.25, -0.2) is 4.98 Å². The molecule has 5 heteroatoms. The molecule has 1 aliphatic heterocycles. The van der Waals surface area contributed by atoms with Crippen molar-refractivity contribution in [2.75, 3.05) is 13.1 Å². The molecule has 112 valence electrons. The van der Waals surface area contributed by atoms with E-state index in [9.17, 15) is 4.79 Å². The van der Waals surface area contributed by atoms with Crippen LogP contribution in [0.1, 0.15) is 34.3 Å². The first-order valence-electron chi connectivity index (χ1n) is 7.58. The van der Waals surface area contributed by atoms with Crippen LogP contribution in [0.25, 0.3) is 10.9 Å². The number of carbonyl (C=O) groups excluding carboxylic acids is 1. The summed E-state index contributed by atoms with van der Waals surface area (Å²) in [6.07, 6.45) is 3.86. The van der Waals surface area contributed by atoms with Crippen LogP contribution in [0.2, 0.25) is 0 Å². The standard InChI is InChI=1S/C17H17N3OS/c21-17(15-11-13-3-1-2-4-14(13)19-15)20-8-5-12(6-9-20)16-18-7-10-22-16/h1-4,7,10-12,19H,5-6,8-9H2. The monoisotopic (exact) mass is 311 g/mol. The van der Waals surface area contributed by atoms with Gasteiger partial charge in [-0.2, -0.15) is 0 Å². The zero-order valence-corrected chi connectivity index (χ0v) is 13.0. The average molecular weight is 311 g/mol. The molecule has 1 amide bonds. The number of aromatic nitrogens is 2. The molecule has 0 radical (unpaired) electrons. The Kier molecular flexibility index (Phi) is 3.42. The molecule has 1 saturated heterocycles. The Balaban J connectivity index is 1.47. The quantitative estimate of drug-likeness (QED) is 0.785.